The van der Waals surface area contributed by atoms with E-state index in [2.05, 4.69) is 15.4 Å². The van der Waals surface area contributed by atoms with E-state index in [0.717, 1.165) is 16.7 Å². The Hall–Kier alpha value is -3.93. The van der Waals surface area contributed by atoms with Crippen LogP contribution in [0.4, 0.5) is 16.2 Å². The number of fused-ring (bicyclic) bond motifs is 2. The molecule has 0 aromatic heterocycles. The lowest BCUT2D eigenvalue weighted by atomic mass is 9.89. The topological polar surface area (TPSA) is 134 Å². The summed E-state index contributed by atoms with van der Waals surface area (Å²) in [5, 5.41) is 6.40. The van der Waals surface area contributed by atoms with Crippen molar-refractivity contribution in [3.63, 3.8) is 0 Å². The Morgan fingerprint density at radius 2 is 1.82 bits per heavy atom. The van der Waals surface area contributed by atoms with Gasteiger partial charge in [-0.1, -0.05) is 41.9 Å². The van der Waals surface area contributed by atoms with Crippen molar-refractivity contribution < 1.29 is 27.5 Å². The van der Waals surface area contributed by atoms with Crippen LogP contribution >= 0.6 is 11.6 Å². The number of hydrogen-bond acceptors (Lipinski definition) is 7. The highest BCUT2D eigenvalue weighted by molar-refractivity contribution is 7.92. The molecule has 2 aliphatic rings. The predicted octanol–water partition coefficient (Wildman–Crippen LogP) is 3.42. The highest BCUT2D eigenvalue weighted by Crippen LogP contribution is 2.44. The molecule has 3 N–H and O–H groups in total. The Bertz CT molecular complexity index is 1560. The van der Waals surface area contributed by atoms with Crippen LogP contribution in [0.1, 0.15) is 27.9 Å². The average Bonchev–Trinajstić information content (AvgIpc) is 3.37. The fraction of sp³-hybridized carbons (Fsp3) is 0.250. The highest BCUT2D eigenvalue weighted by atomic mass is 35.5. The third kappa shape index (κ3) is 5.81. The third-order valence-electron chi connectivity index (χ3n) is 6.83. The van der Waals surface area contributed by atoms with Crippen LogP contribution in [0.25, 0.3) is 0 Å². The molecule has 1 fully saturated rings. The first kappa shape index (κ1) is 27.6. The lowest BCUT2D eigenvalue weighted by Crippen LogP contribution is -2.56. The van der Waals surface area contributed by atoms with Crippen LogP contribution in [0, 0.1) is 0 Å². The van der Waals surface area contributed by atoms with Gasteiger partial charge in [0.15, 0.2) is 5.60 Å². The first-order valence-electron chi connectivity index (χ1n) is 12.5. The van der Waals surface area contributed by atoms with E-state index >= 15 is 0 Å². The molecule has 3 amide bonds. The molecule has 0 bridgehead atoms. The number of hydrogen-bond donors (Lipinski definition) is 3. The van der Waals surface area contributed by atoms with E-state index in [1.165, 1.54) is 24.3 Å². The molecule has 0 saturated carbocycles. The zero-order chi connectivity index (χ0) is 28.5. The first-order chi connectivity index (χ1) is 19.0. The number of halogens is 1. The van der Waals surface area contributed by atoms with Gasteiger partial charge in [0.2, 0.25) is 10.0 Å². The number of carbonyl (C=O) groups is 3. The largest absolute Gasteiger partial charge is 0.436 e. The van der Waals surface area contributed by atoms with Crippen LogP contribution in [0.15, 0.2) is 72.8 Å². The van der Waals surface area contributed by atoms with Crippen molar-refractivity contribution in [1.29, 1.82) is 0 Å². The summed E-state index contributed by atoms with van der Waals surface area (Å²) in [4.78, 5) is 41.6. The minimum atomic E-state index is -3.49. The van der Waals surface area contributed by atoms with E-state index in [9.17, 15) is 22.8 Å². The molecule has 40 heavy (non-hydrogen) atoms. The first-order valence-corrected chi connectivity index (χ1v) is 14.8. The van der Waals surface area contributed by atoms with Gasteiger partial charge in [-0.15, -0.1) is 0 Å². The molecule has 0 aliphatic carbocycles. The number of ether oxygens (including phenoxy) is 1. The van der Waals surface area contributed by atoms with Crippen LogP contribution in [-0.2, 0) is 31.6 Å². The number of amides is 3. The Morgan fingerprint density at radius 3 is 2.48 bits per heavy atom. The lowest BCUT2D eigenvalue weighted by molar-refractivity contribution is -0.120. The normalized spacial score (nSPS) is 19.1. The maximum absolute atomic E-state index is 14.0. The van der Waals surface area contributed by atoms with Gasteiger partial charge in [0.1, 0.15) is 6.04 Å². The van der Waals surface area contributed by atoms with Gasteiger partial charge in [0, 0.05) is 41.2 Å². The van der Waals surface area contributed by atoms with Crippen LogP contribution < -0.4 is 20.3 Å². The molecule has 1 spiro atoms. The smallest absolute Gasteiger partial charge is 0.422 e. The molecule has 0 radical (unpaired) electrons. The van der Waals surface area contributed by atoms with Gasteiger partial charge in [-0.2, -0.15) is 0 Å². The number of rotatable bonds is 7. The number of anilines is 2. The maximum Gasteiger partial charge on any atom is 0.422 e. The van der Waals surface area contributed by atoms with Gasteiger partial charge < -0.3 is 15.4 Å². The second-order valence-electron chi connectivity index (χ2n) is 9.79. The van der Waals surface area contributed by atoms with Gasteiger partial charge in [-0.25, -0.2) is 18.1 Å². The SMILES string of the molecule is CS(=O)(=O)Nc1ccc(C(=O)NC(Cc2ccccc2)C(=O)N2C(=O)OC3(CCNC3)c3cc(Cl)ccc32)cc1. The standard InChI is InChI=1S/C28H27ClN4O6S/c1-40(37,38)32-21-10-7-19(8-11-21)25(34)31-23(15-18-5-3-2-4-6-18)26(35)33-24-12-9-20(29)16-22(24)28(39-27(33)36)13-14-30-17-28/h2-12,16,23,30,32H,13-15,17H2,1H3,(H,31,34). The van der Waals surface area contributed by atoms with Crippen molar-refractivity contribution in [1.82, 2.24) is 10.6 Å². The Balaban J connectivity index is 1.46. The van der Waals surface area contributed by atoms with Gasteiger partial charge >= 0.3 is 6.09 Å². The van der Waals surface area contributed by atoms with Gasteiger partial charge in [-0.05, 0) is 54.6 Å². The van der Waals surface area contributed by atoms with Crippen molar-refractivity contribution in [3.05, 3.63) is 94.5 Å². The van der Waals surface area contributed by atoms with Crippen LogP contribution in [0.2, 0.25) is 5.02 Å². The van der Waals surface area contributed by atoms with Crippen LogP contribution in [0.5, 0.6) is 0 Å². The fourth-order valence-electron chi connectivity index (χ4n) is 4.98. The molecule has 2 aliphatic heterocycles. The third-order valence-corrected chi connectivity index (χ3v) is 7.67. The summed E-state index contributed by atoms with van der Waals surface area (Å²) in [5.74, 6) is -1.24. The molecule has 2 unspecified atom stereocenters. The van der Waals surface area contributed by atoms with Crippen molar-refractivity contribution in [2.45, 2.75) is 24.5 Å². The Kier molecular flexibility index (Phi) is 7.54. The van der Waals surface area contributed by atoms with E-state index < -0.39 is 39.6 Å². The fourth-order valence-corrected chi connectivity index (χ4v) is 5.72. The summed E-state index contributed by atoms with van der Waals surface area (Å²) in [6.45, 7) is 1.03. The van der Waals surface area contributed by atoms with E-state index in [0.29, 0.717) is 35.8 Å². The Morgan fingerprint density at radius 1 is 1.10 bits per heavy atom. The van der Waals surface area contributed by atoms with Crippen LogP contribution in [0.3, 0.4) is 0 Å². The van der Waals surface area contributed by atoms with Gasteiger partial charge in [-0.3, -0.25) is 14.3 Å². The van der Waals surface area contributed by atoms with E-state index in [1.807, 2.05) is 30.3 Å². The van der Waals surface area contributed by atoms with E-state index in [1.54, 1.807) is 18.2 Å². The van der Waals surface area contributed by atoms with E-state index in [4.69, 9.17) is 16.3 Å². The zero-order valence-corrected chi connectivity index (χ0v) is 23.1. The van der Waals surface area contributed by atoms with Gasteiger partial charge in [0.25, 0.3) is 11.8 Å². The molecule has 3 aromatic carbocycles. The molecular weight excluding hydrogens is 556 g/mol. The second-order valence-corrected chi connectivity index (χ2v) is 12.0. The summed E-state index contributed by atoms with van der Waals surface area (Å²) in [5.41, 5.74) is 1.31. The predicted molar refractivity (Wildman–Crippen MR) is 151 cm³/mol. The molecule has 12 heteroatoms. The minimum Gasteiger partial charge on any atom is -0.436 e. The average molecular weight is 583 g/mol. The summed E-state index contributed by atoms with van der Waals surface area (Å²) in [6.07, 6.45) is 0.837. The molecule has 1 saturated heterocycles. The number of carbonyl (C=O) groups excluding carboxylic acids is 3. The summed E-state index contributed by atoms with van der Waals surface area (Å²) < 4.78 is 31.2. The maximum atomic E-state index is 14.0. The van der Waals surface area contributed by atoms with Crippen molar-refractivity contribution >= 4 is 50.9 Å². The number of nitrogens with one attached hydrogen (secondary N) is 3. The highest BCUT2D eigenvalue weighted by Gasteiger charge is 2.49. The van der Waals surface area contributed by atoms with Crippen molar-refractivity contribution in [2.24, 2.45) is 0 Å². The lowest BCUT2D eigenvalue weighted by Gasteiger charge is -2.40. The summed E-state index contributed by atoms with van der Waals surface area (Å²) in [7, 11) is -3.49. The molecule has 5 rings (SSSR count). The van der Waals surface area contributed by atoms with Crippen molar-refractivity contribution in [2.75, 3.05) is 29.0 Å². The monoisotopic (exact) mass is 582 g/mol. The number of nitrogens with zero attached hydrogens (tertiary/aromatic N) is 1. The molecular formula is C28H27ClN4O6S. The zero-order valence-electron chi connectivity index (χ0n) is 21.5. The molecule has 2 heterocycles. The second kappa shape index (κ2) is 10.9. The van der Waals surface area contributed by atoms with E-state index in [-0.39, 0.29) is 17.7 Å². The Labute approximate surface area is 236 Å². The number of sulfonamides is 1. The summed E-state index contributed by atoms with van der Waals surface area (Å²) in [6, 6.07) is 18.7. The molecule has 10 nitrogen and oxygen atoms in total. The molecule has 3 aromatic rings. The summed E-state index contributed by atoms with van der Waals surface area (Å²) >= 11 is 6.30. The number of imide groups is 1. The quantitative estimate of drug-likeness (QED) is 0.389. The molecule has 208 valence electrons. The van der Waals surface area contributed by atoms with Crippen LogP contribution in [-0.4, -0.2) is 51.7 Å². The van der Waals surface area contributed by atoms with Crippen molar-refractivity contribution in [3.8, 4) is 0 Å². The molecule has 2 atom stereocenters. The minimum absolute atomic E-state index is 0.110. The van der Waals surface area contributed by atoms with Gasteiger partial charge in [0.05, 0.1) is 11.9 Å². The number of benzene rings is 3.